The van der Waals surface area contributed by atoms with E-state index in [-0.39, 0.29) is 18.2 Å². The first-order valence-corrected chi connectivity index (χ1v) is 10.9. The lowest BCUT2D eigenvalue weighted by molar-refractivity contribution is -0.128. The molecule has 0 unspecified atom stereocenters. The average Bonchev–Trinajstić information content (AvgIpc) is 3.00. The van der Waals surface area contributed by atoms with Crippen LogP contribution in [0.3, 0.4) is 0 Å². The van der Waals surface area contributed by atoms with Gasteiger partial charge in [-0.1, -0.05) is 48.5 Å². The van der Waals surface area contributed by atoms with Crippen molar-refractivity contribution >= 4 is 51.7 Å². The van der Waals surface area contributed by atoms with Crippen LogP contribution in [-0.4, -0.2) is 33.7 Å². The van der Waals surface area contributed by atoms with E-state index in [9.17, 15) is 9.59 Å². The Labute approximate surface area is 180 Å². The molecule has 1 aliphatic heterocycles. The third-order valence-electron chi connectivity index (χ3n) is 4.82. The Morgan fingerprint density at radius 1 is 1.21 bits per heavy atom. The number of nitrogens with one attached hydrogen (secondary N) is 1. The molecule has 1 saturated heterocycles. The fraction of sp³-hybridized carbons (Fsp3) is 0.318. The van der Waals surface area contributed by atoms with Gasteiger partial charge >= 0.3 is 0 Å². The molecule has 2 aromatic rings. The van der Waals surface area contributed by atoms with Crippen LogP contribution in [0.15, 0.2) is 47.5 Å². The van der Waals surface area contributed by atoms with Crippen molar-refractivity contribution < 1.29 is 9.59 Å². The minimum atomic E-state index is -0.483. The molecule has 5 nitrogen and oxygen atoms in total. The Kier molecular flexibility index (Phi) is 6.98. The number of benzene rings is 2. The minimum absolute atomic E-state index is 0.0831. The summed E-state index contributed by atoms with van der Waals surface area (Å²) in [6.07, 6.45) is 1.05. The zero-order chi connectivity index (χ0) is 21.0. The molecule has 2 amide bonds. The van der Waals surface area contributed by atoms with Crippen LogP contribution in [0.1, 0.15) is 31.4 Å². The summed E-state index contributed by atoms with van der Waals surface area (Å²) in [6, 6.07) is 13.3. The van der Waals surface area contributed by atoms with Gasteiger partial charge in [0.05, 0.1) is 5.69 Å². The van der Waals surface area contributed by atoms with Gasteiger partial charge in [0, 0.05) is 23.7 Å². The number of amides is 2. The number of halogens is 1. The van der Waals surface area contributed by atoms with E-state index in [4.69, 9.17) is 11.6 Å². The molecule has 1 aliphatic rings. The highest BCUT2D eigenvalue weighted by atomic mass is 35.5. The topological polar surface area (TPSA) is 61.8 Å². The average molecular weight is 430 g/mol. The number of anilines is 1. The Morgan fingerprint density at radius 2 is 1.93 bits per heavy atom. The molecule has 1 heterocycles. The van der Waals surface area contributed by atoms with Crippen LogP contribution in [0.5, 0.6) is 0 Å². The molecule has 1 fully saturated rings. The minimum Gasteiger partial charge on any atom is -0.326 e. The number of carbonyl (C=O) groups excluding carboxylic acids is 2. The SMILES string of the molecule is CCc1ccc(N=C2S[C@@H](CC(=O)Nc3cccc(Cl)c3C)C(=O)N2CC)cc1. The van der Waals surface area contributed by atoms with Crippen molar-refractivity contribution in [1.29, 1.82) is 0 Å². The van der Waals surface area contributed by atoms with Gasteiger partial charge in [0.1, 0.15) is 5.25 Å². The second-order valence-corrected chi connectivity index (χ2v) is 8.35. The van der Waals surface area contributed by atoms with Gasteiger partial charge in [0.15, 0.2) is 5.17 Å². The molecule has 0 spiro atoms. The lowest BCUT2D eigenvalue weighted by Crippen LogP contribution is -2.33. The molecular weight excluding hydrogens is 406 g/mol. The predicted molar refractivity (Wildman–Crippen MR) is 121 cm³/mol. The third kappa shape index (κ3) is 5.00. The van der Waals surface area contributed by atoms with E-state index in [2.05, 4.69) is 17.2 Å². The lowest BCUT2D eigenvalue weighted by atomic mass is 10.2. The van der Waals surface area contributed by atoms with Crippen LogP contribution in [0.4, 0.5) is 11.4 Å². The molecule has 152 valence electrons. The summed E-state index contributed by atoms with van der Waals surface area (Å²) >= 11 is 7.45. The molecule has 0 aliphatic carbocycles. The van der Waals surface area contributed by atoms with Crippen molar-refractivity contribution in [3.8, 4) is 0 Å². The smallest absolute Gasteiger partial charge is 0.242 e. The highest BCUT2D eigenvalue weighted by Crippen LogP contribution is 2.32. The van der Waals surface area contributed by atoms with E-state index in [1.807, 2.05) is 38.1 Å². The van der Waals surface area contributed by atoms with Crippen LogP contribution < -0.4 is 5.32 Å². The number of aryl methyl sites for hydroxylation is 1. The summed E-state index contributed by atoms with van der Waals surface area (Å²) in [4.78, 5) is 31.6. The highest BCUT2D eigenvalue weighted by molar-refractivity contribution is 8.15. The molecule has 3 rings (SSSR count). The lowest BCUT2D eigenvalue weighted by Gasteiger charge is -2.13. The van der Waals surface area contributed by atoms with E-state index in [1.165, 1.54) is 17.3 Å². The molecule has 1 N–H and O–H groups in total. The van der Waals surface area contributed by atoms with Crippen molar-refractivity contribution in [2.24, 2.45) is 4.99 Å². The summed E-state index contributed by atoms with van der Waals surface area (Å²) < 4.78 is 0. The summed E-state index contributed by atoms with van der Waals surface area (Å²) in [5.74, 6) is -0.301. The van der Waals surface area contributed by atoms with Crippen LogP contribution in [0, 0.1) is 6.92 Å². The van der Waals surface area contributed by atoms with Crippen LogP contribution in [-0.2, 0) is 16.0 Å². The molecule has 2 aromatic carbocycles. The quantitative estimate of drug-likeness (QED) is 0.687. The third-order valence-corrected chi connectivity index (χ3v) is 6.40. The van der Waals surface area contributed by atoms with Crippen molar-refractivity contribution in [1.82, 2.24) is 4.90 Å². The maximum absolute atomic E-state index is 12.8. The predicted octanol–water partition coefficient (Wildman–Crippen LogP) is 5.19. The summed E-state index contributed by atoms with van der Waals surface area (Å²) in [5, 5.41) is 3.61. The molecule has 0 aromatic heterocycles. The molecule has 7 heteroatoms. The Morgan fingerprint density at radius 3 is 2.59 bits per heavy atom. The largest absolute Gasteiger partial charge is 0.326 e. The van der Waals surface area contributed by atoms with Gasteiger partial charge in [0.2, 0.25) is 11.8 Å². The molecule has 29 heavy (non-hydrogen) atoms. The van der Waals surface area contributed by atoms with Gasteiger partial charge in [-0.2, -0.15) is 0 Å². The van der Waals surface area contributed by atoms with E-state index < -0.39 is 5.25 Å². The van der Waals surface area contributed by atoms with Crippen molar-refractivity contribution in [2.75, 3.05) is 11.9 Å². The summed E-state index contributed by atoms with van der Waals surface area (Å²) in [5.41, 5.74) is 3.51. The number of nitrogens with zero attached hydrogens (tertiary/aromatic N) is 2. The number of hydrogen-bond acceptors (Lipinski definition) is 4. The van der Waals surface area contributed by atoms with E-state index in [0.717, 1.165) is 17.7 Å². The first kappa shape index (κ1) is 21.4. The van der Waals surface area contributed by atoms with Gasteiger partial charge in [-0.25, -0.2) is 4.99 Å². The fourth-order valence-electron chi connectivity index (χ4n) is 3.05. The van der Waals surface area contributed by atoms with Gasteiger partial charge in [-0.3, -0.25) is 14.5 Å². The first-order chi connectivity index (χ1) is 13.9. The maximum atomic E-state index is 12.8. The molecule has 0 bridgehead atoms. The zero-order valence-corrected chi connectivity index (χ0v) is 18.3. The standard InChI is InChI=1S/C22H24ClN3O2S/c1-4-15-9-11-16(12-10-15)24-22-26(5-2)21(28)19(29-22)13-20(27)25-18-8-6-7-17(23)14(18)3/h6-12,19H,4-5,13H2,1-3H3,(H,25,27)/t19-/m0/s1. The van der Waals surface area contributed by atoms with Crippen LogP contribution >= 0.6 is 23.4 Å². The van der Waals surface area contributed by atoms with E-state index >= 15 is 0 Å². The number of amidine groups is 1. The Bertz CT molecular complexity index is 944. The number of hydrogen-bond donors (Lipinski definition) is 1. The van der Waals surface area contributed by atoms with Crippen molar-refractivity contribution in [3.63, 3.8) is 0 Å². The second-order valence-electron chi connectivity index (χ2n) is 6.77. The normalized spacial score (nSPS) is 17.8. The van der Waals surface area contributed by atoms with Gasteiger partial charge in [0.25, 0.3) is 0 Å². The monoisotopic (exact) mass is 429 g/mol. The second kappa shape index (κ2) is 9.46. The number of thioether (sulfide) groups is 1. The Balaban J connectivity index is 1.71. The summed E-state index contributed by atoms with van der Waals surface area (Å²) in [7, 11) is 0. The van der Waals surface area contributed by atoms with Crippen LogP contribution in [0.2, 0.25) is 5.02 Å². The fourth-order valence-corrected chi connectivity index (χ4v) is 4.44. The van der Waals surface area contributed by atoms with Crippen molar-refractivity contribution in [2.45, 2.75) is 38.9 Å². The van der Waals surface area contributed by atoms with Gasteiger partial charge < -0.3 is 5.32 Å². The number of carbonyl (C=O) groups is 2. The number of aliphatic imine (C=N–C) groups is 1. The van der Waals surface area contributed by atoms with Crippen molar-refractivity contribution in [3.05, 3.63) is 58.6 Å². The number of rotatable bonds is 6. The first-order valence-electron chi connectivity index (χ1n) is 9.63. The maximum Gasteiger partial charge on any atom is 0.242 e. The van der Waals surface area contributed by atoms with Crippen LogP contribution in [0.25, 0.3) is 0 Å². The zero-order valence-electron chi connectivity index (χ0n) is 16.7. The molecular formula is C22H24ClN3O2S. The highest BCUT2D eigenvalue weighted by Gasteiger charge is 2.38. The molecule has 0 radical (unpaired) electrons. The van der Waals surface area contributed by atoms with Gasteiger partial charge in [-0.15, -0.1) is 0 Å². The van der Waals surface area contributed by atoms with Gasteiger partial charge in [-0.05, 0) is 55.7 Å². The molecule has 0 saturated carbocycles. The van der Waals surface area contributed by atoms with E-state index in [0.29, 0.717) is 22.4 Å². The van der Waals surface area contributed by atoms with E-state index in [1.54, 1.807) is 23.1 Å². The Hall–Kier alpha value is -2.31. The summed E-state index contributed by atoms with van der Waals surface area (Å²) in [6.45, 7) is 6.38. The molecule has 1 atom stereocenters.